The van der Waals surface area contributed by atoms with Crippen molar-refractivity contribution in [3.63, 3.8) is 0 Å². The number of aryl methyl sites for hydroxylation is 1. The van der Waals surface area contributed by atoms with Crippen molar-refractivity contribution in [2.24, 2.45) is 0 Å². The summed E-state index contributed by atoms with van der Waals surface area (Å²) in [6.45, 7) is 4.01. The molecule has 15 heavy (non-hydrogen) atoms. The van der Waals surface area contributed by atoms with E-state index in [0.29, 0.717) is 0 Å². The molecule has 0 amide bonds. The van der Waals surface area contributed by atoms with E-state index in [1.165, 1.54) is 0 Å². The van der Waals surface area contributed by atoms with Crippen LogP contribution < -0.4 is 0 Å². The van der Waals surface area contributed by atoms with Crippen molar-refractivity contribution in [1.82, 2.24) is 0 Å². The molecule has 1 aromatic carbocycles. The van der Waals surface area contributed by atoms with Gasteiger partial charge in [-0.1, -0.05) is 49.4 Å². The molecule has 0 saturated heterocycles. The summed E-state index contributed by atoms with van der Waals surface area (Å²) in [5.41, 5.74) is 1.80. The zero-order valence-electron chi connectivity index (χ0n) is 9.23. The van der Waals surface area contributed by atoms with E-state index in [4.69, 9.17) is 0 Å². The number of allylic oxidation sites excluding steroid dienone is 4. The average Bonchev–Trinajstić information content (AvgIpc) is 2.25. The molecule has 0 aliphatic heterocycles. The lowest BCUT2D eigenvalue weighted by atomic mass is 10.0. The molecule has 0 fully saturated rings. The van der Waals surface area contributed by atoms with Crippen LogP contribution in [0, 0.1) is 6.92 Å². The van der Waals surface area contributed by atoms with Gasteiger partial charge in [-0.15, -0.1) is 0 Å². The Morgan fingerprint density at radius 1 is 1.27 bits per heavy atom. The number of ketones is 1. The van der Waals surface area contributed by atoms with E-state index >= 15 is 0 Å². The normalized spacial score (nSPS) is 11.3. The van der Waals surface area contributed by atoms with Crippen molar-refractivity contribution < 1.29 is 4.79 Å². The summed E-state index contributed by atoms with van der Waals surface area (Å²) in [6, 6.07) is 7.62. The van der Waals surface area contributed by atoms with Crippen LogP contribution in [0.2, 0.25) is 0 Å². The summed E-state index contributed by atoms with van der Waals surface area (Å²) < 4.78 is 0. The Bertz CT molecular complexity index is 386. The Balaban J connectivity index is 2.74. The van der Waals surface area contributed by atoms with Gasteiger partial charge in [-0.2, -0.15) is 0 Å². The Morgan fingerprint density at radius 2 is 2.00 bits per heavy atom. The van der Waals surface area contributed by atoms with Gasteiger partial charge < -0.3 is 0 Å². The molecular formula is C14H16O. The molecule has 0 spiro atoms. The molecule has 78 valence electrons. The molecule has 0 aromatic heterocycles. The van der Waals surface area contributed by atoms with Crippen LogP contribution in [-0.2, 0) is 0 Å². The summed E-state index contributed by atoms with van der Waals surface area (Å²) in [7, 11) is 0. The molecule has 0 N–H and O–H groups in total. The zero-order chi connectivity index (χ0) is 11.1. The van der Waals surface area contributed by atoms with Gasteiger partial charge in [0.25, 0.3) is 0 Å². The summed E-state index contributed by atoms with van der Waals surface area (Å²) >= 11 is 0. The Hall–Kier alpha value is -1.63. The number of carbonyl (C=O) groups is 1. The maximum Gasteiger partial charge on any atom is 0.186 e. The summed E-state index contributed by atoms with van der Waals surface area (Å²) in [5.74, 6) is 0.0638. The Labute approximate surface area is 91.1 Å². The standard InChI is InChI=1S/C14H16O/c1-3-4-5-6-11-14(15)13-10-8-7-9-12(13)2/h4-11H,3H2,1-2H3/b5-4+,11-6+. The number of benzene rings is 1. The van der Waals surface area contributed by atoms with E-state index in [0.717, 1.165) is 17.5 Å². The molecule has 1 heteroatoms. The molecule has 1 rings (SSSR count). The van der Waals surface area contributed by atoms with E-state index in [9.17, 15) is 4.79 Å². The minimum Gasteiger partial charge on any atom is -0.289 e. The van der Waals surface area contributed by atoms with Crippen molar-refractivity contribution in [2.45, 2.75) is 20.3 Å². The molecule has 0 unspecified atom stereocenters. The highest BCUT2D eigenvalue weighted by Gasteiger charge is 2.02. The fourth-order valence-electron chi connectivity index (χ4n) is 1.30. The topological polar surface area (TPSA) is 17.1 Å². The predicted molar refractivity (Wildman–Crippen MR) is 64.1 cm³/mol. The van der Waals surface area contributed by atoms with Crippen LogP contribution in [0.3, 0.4) is 0 Å². The molecule has 0 heterocycles. The Kier molecular flexibility index (Phi) is 4.55. The summed E-state index contributed by atoms with van der Waals surface area (Å²) in [6.07, 6.45) is 8.30. The smallest absolute Gasteiger partial charge is 0.186 e. The minimum absolute atomic E-state index is 0.0638. The van der Waals surface area contributed by atoms with Crippen molar-refractivity contribution >= 4 is 5.78 Å². The molecular weight excluding hydrogens is 184 g/mol. The van der Waals surface area contributed by atoms with Crippen LogP contribution in [0.5, 0.6) is 0 Å². The second-order valence-corrected chi connectivity index (χ2v) is 3.37. The van der Waals surface area contributed by atoms with Gasteiger partial charge in [0.05, 0.1) is 0 Å². The largest absolute Gasteiger partial charge is 0.289 e. The molecule has 0 atom stereocenters. The highest BCUT2D eigenvalue weighted by atomic mass is 16.1. The van der Waals surface area contributed by atoms with Crippen LogP contribution in [0.25, 0.3) is 0 Å². The first-order chi connectivity index (χ1) is 7.25. The van der Waals surface area contributed by atoms with Gasteiger partial charge >= 0.3 is 0 Å². The predicted octanol–water partition coefficient (Wildman–Crippen LogP) is 3.70. The molecule has 1 nitrogen and oxygen atoms in total. The van der Waals surface area contributed by atoms with E-state index in [2.05, 4.69) is 6.92 Å². The van der Waals surface area contributed by atoms with Crippen LogP contribution in [-0.4, -0.2) is 5.78 Å². The fourth-order valence-corrected chi connectivity index (χ4v) is 1.30. The third-order valence-corrected chi connectivity index (χ3v) is 2.14. The first kappa shape index (κ1) is 11.4. The van der Waals surface area contributed by atoms with Crippen LogP contribution in [0.15, 0.2) is 48.6 Å². The number of hydrogen-bond acceptors (Lipinski definition) is 1. The number of hydrogen-bond donors (Lipinski definition) is 0. The van der Waals surface area contributed by atoms with Crippen molar-refractivity contribution in [2.75, 3.05) is 0 Å². The maximum absolute atomic E-state index is 11.7. The number of rotatable bonds is 4. The van der Waals surface area contributed by atoms with E-state index < -0.39 is 0 Å². The quantitative estimate of drug-likeness (QED) is 0.411. The van der Waals surface area contributed by atoms with Gasteiger partial charge in [-0.25, -0.2) is 0 Å². The lowest BCUT2D eigenvalue weighted by Gasteiger charge is -1.99. The van der Waals surface area contributed by atoms with Gasteiger partial charge in [-0.3, -0.25) is 4.79 Å². The van der Waals surface area contributed by atoms with E-state index in [1.807, 2.05) is 43.3 Å². The van der Waals surface area contributed by atoms with Crippen molar-refractivity contribution in [3.05, 3.63) is 59.7 Å². The average molecular weight is 200 g/mol. The first-order valence-corrected chi connectivity index (χ1v) is 5.19. The lowest BCUT2D eigenvalue weighted by Crippen LogP contribution is -1.96. The third-order valence-electron chi connectivity index (χ3n) is 2.14. The molecule has 0 radical (unpaired) electrons. The second-order valence-electron chi connectivity index (χ2n) is 3.37. The van der Waals surface area contributed by atoms with Gasteiger partial charge in [0, 0.05) is 5.56 Å². The number of carbonyl (C=O) groups excluding carboxylic acids is 1. The van der Waals surface area contributed by atoms with E-state index in [1.54, 1.807) is 12.2 Å². The van der Waals surface area contributed by atoms with Gasteiger partial charge in [0.1, 0.15) is 0 Å². The van der Waals surface area contributed by atoms with Gasteiger partial charge in [0.15, 0.2) is 5.78 Å². The summed E-state index contributed by atoms with van der Waals surface area (Å²) in [4.78, 5) is 11.7. The first-order valence-electron chi connectivity index (χ1n) is 5.19. The third kappa shape index (κ3) is 3.55. The molecule has 0 aliphatic rings. The Morgan fingerprint density at radius 3 is 2.67 bits per heavy atom. The summed E-state index contributed by atoms with van der Waals surface area (Å²) in [5, 5.41) is 0. The van der Waals surface area contributed by atoms with Gasteiger partial charge in [0.2, 0.25) is 0 Å². The molecule has 0 bridgehead atoms. The monoisotopic (exact) mass is 200 g/mol. The van der Waals surface area contributed by atoms with Crippen LogP contribution >= 0.6 is 0 Å². The van der Waals surface area contributed by atoms with E-state index in [-0.39, 0.29) is 5.78 Å². The van der Waals surface area contributed by atoms with Gasteiger partial charge in [-0.05, 0) is 25.0 Å². The molecule has 0 aliphatic carbocycles. The minimum atomic E-state index is 0.0638. The lowest BCUT2D eigenvalue weighted by molar-refractivity contribution is 0.104. The SMILES string of the molecule is CC/C=C/C=C/C(=O)c1ccccc1C. The molecule has 1 aromatic rings. The van der Waals surface area contributed by atoms with Crippen molar-refractivity contribution in [1.29, 1.82) is 0 Å². The molecule has 0 saturated carbocycles. The van der Waals surface area contributed by atoms with Crippen LogP contribution in [0.1, 0.15) is 29.3 Å². The fraction of sp³-hybridized carbons (Fsp3) is 0.214. The zero-order valence-corrected chi connectivity index (χ0v) is 9.23. The van der Waals surface area contributed by atoms with Crippen molar-refractivity contribution in [3.8, 4) is 0 Å². The van der Waals surface area contributed by atoms with Crippen LogP contribution in [0.4, 0.5) is 0 Å². The highest BCUT2D eigenvalue weighted by Crippen LogP contribution is 2.08. The second kappa shape index (κ2) is 5.97. The highest BCUT2D eigenvalue weighted by molar-refractivity contribution is 6.05. The maximum atomic E-state index is 11.7.